The molecule has 1 saturated heterocycles. The Kier molecular flexibility index (Phi) is 3.84. The lowest BCUT2D eigenvalue weighted by molar-refractivity contribution is -0.239. The summed E-state index contributed by atoms with van der Waals surface area (Å²) in [5.41, 5.74) is 1.08. The van der Waals surface area contributed by atoms with Crippen LogP contribution < -0.4 is 0 Å². The summed E-state index contributed by atoms with van der Waals surface area (Å²) in [5, 5.41) is 10.3. The minimum Gasteiger partial charge on any atom is -0.463 e. The highest BCUT2D eigenvalue weighted by Crippen LogP contribution is 2.58. The molecule has 3 aliphatic rings. The summed E-state index contributed by atoms with van der Waals surface area (Å²) < 4.78 is 17.1. The van der Waals surface area contributed by atoms with Crippen LogP contribution in [-0.4, -0.2) is 42.8 Å². The minimum absolute atomic E-state index is 0.317. The summed E-state index contributed by atoms with van der Waals surface area (Å²) in [6.07, 6.45) is 3.13. The maximum atomic E-state index is 12.3. The lowest BCUT2D eigenvalue weighted by Gasteiger charge is -2.52. The second-order valence-electron chi connectivity index (χ2n) is 6.30. The third kappa shape index (κ3) is 2.14. The van der Waals surface area contributed by atoms with Gasteiger partial charge < -0.3 is 19.3 Å². The Morgan fingerprint density at radius 1 is 1.38 bits per heavy atom. The fourth-order valence-electron chi connectivity index (χ4n) is 4.21. The zero-order valence-corrected chi connectivity index (χ0v) is 12.8. The van der Waals surface area contributed by atoms with Gasteiger partial charge in [-0.3, -0.25) is 0 Å². The van der Waals surface area contributed by atoms with E-state index in [2.05, 4.69) is 6.92 Å². The van der Waals surface area contributed by atoms with Gasteiger partial charge in [0.05, 0.1) is 31.5 Å². The summed E-state index contributed by atoms with van der Waals surface area (Å²) >= 11 is 0. The van der Waals surface area contributed by atoms with Crippen LogP contribution in [0.2, 0.25) is 0 Å². The Labute approximate surface area is 125 Å². The first kappa shape index (κ1) is 15.0. The average Bonchev–Trinajstić information content (AvgIpc) is 2.92. The van der Waals surface area contributed by atoms with Crippen molar-refractivity contribution in [2.45, 2.75) is 57.8 Å². The summed E-state index contributed by atoms with van der Waals surface area (Å²) in [6, 6.07) is 0. The van der Waals surface area contributed by atoms with Gasteiger partial charge in [-0.25, -0.2) is 4.79 Å². The Balaban J connectivity index is 2.06. The zero-order chi connectivity index (χ0) is 15.1. The fourth-order valence-corrected chi connectivity index (χ4v) is 4.21. The van der Waals surface area contributed by atoms with E-state index >= 15 is 0 Å². The SMILES string of the molecule is CCOC(=O)C1=C2CCCC3(OCCO3)C2(C)CCC1O. The first-order chi connectivity index (χ1) is 10.0. The van der Waals surface area contributed by atoms with Crippen LogP contribution in [0.25, 0.3) is 0 Å². The van der Waals surface area contributed by atoms with Crippen LogP contribution in [0.4, 0.5) is 0 Å². The maximum Gasteiger partial charge on any atom is 0.336 e. The molecule has 2 fully saturated rings. The van der Waals surface area contributed by atoms with E-state index in [0.29, 0.717) is 31.8 Å². The molecule has 5 heteroatoms. The van der Waals surface area contributed by atoms with Crippen molar-refractivity contribution in [3.63, 3.8) is 0 Å². The van der Waals surface area contributed by atoms with Crippen molar-refractivity contribution in [2.75, 3.05) is 19.8 Å². The van der Waals surface area contributed by atoms with Gasteiger partial charge in [0, 0.05) is 11.8 Å². The molecule has 1 aliphatic heterocycles. The van der Waals surface area contributed by atoms with Crippen LogP contribution in [0.1, 0.15) is 46.0 Å². The van der Waals surface area contributed by atoms with E-state index in [4.69, 9.17) is 14.2 Å². The predicted octanol–water partition coefficient (Wildman–Crippen LogP) is 1.93. The van der Waals surface area contributed by atoms with Gasteiger partial charge >= 0.3 is 5.97 Å². The summed E-state index contributed by atoms with van der Waals surface area (Å²) in [7, 11) is 0. The second-order valence-corrected chi connectivity index (χ2v) is 6.30. The lowest BCUT2D eigenvalue weighted by atomic mass is 9.60. The van der Waals surface area contributed by atoms with E-state index < -0.39 is 11.9 Å². The Morgan fingerprint density at radius 3 is 2.76 bits per heavy atom. The van der Waals surface area contributed by atoms with Gasteiger partial charge in [0.15, 0.2) is 5.79 Å². The Bertz CT molecular complexity index is 463. The molecule has 2 unspecified atom stereocenters. The molecule has 0 amide bonds. The second kappa shape index (κ2) is 5.38. The molecule has 2 aliphatic carbocycles. The number of aliphatic hydroxyl groups excluding tert-OH is 1. The molecule has 0 aromatic rings. The molecular formula is C16H24O5. The molecule has 0 aromatic heterocycles. The number of rotatable bonds is 2. The molecule has 5 nitrogen and oxygen atoms in total. The van der Waals surface area contributed by atoms with Crippen molar-refractivity contribution in [1.29, 1.82) is 0 Å². The standard InChI is InChI=1S/C16H24O5/c1-3-19-14(18)13-11-5-4-7-16(20-9-10-21-16)15(11,2)8-6-12(13)17/h12,17H,3-10H2,1-2H3. The summed E-state index contributed by atoms with van der Waals surface area (Å²) in [5.74, 6) is -1.01. The van der Waals surface area contributed by atoms with Crippen LogP contribution in [0.3, 0.4) is 0 Å². The van der Waals surface area contributed by atoms with Crippen molar-refractivity contribution in [1.82, 2.24) is 0 Å². The lowest BCUT2D eigenvalue weighted by Crippen LogP contribution is -2.54. The molecule has 0 aromatic carbocycles. The number of hydrogen-bond donors (Lipinski definition) is 1. The van der Waals surface area contributed by atoms with Crippen molar-refractivity contribution >= 4 is 5.97 Å². The van der Waals surface area contributed by atoms with Crippen LogP contribution >= 0.6 is 0 Å². The third-order valence-electron chi connectivity index (χ3n) is 5.26. The number of ether oxygens (including phenoxy) is 3. The highest BCUT2D eigenvalue weighted by Gasteiger charge is 2.59. The van der Waals surface area contributed by atoms with E-state index in [1.54, 1.807) is 6.92 Å². The molecule has 0 bridgehead atoms. The molecule has 0 radical (unpaired) electrons. The number of carbonyl (C=O) groups is 1. The monoisotopic (exact) mass is 296 g/mol. The first-order valence-electron chi connectivity index (χ1n) is 7.91. The molecule has 1 N–H and O–H groups in total. The Hall–Kier alpha value is -0.910. The number of esters is 1. The topological polar surface area (TPSA) is 65.0 Å². The number of fused-ring (bicyclic) bond motifs is 2. The van der Waals surface area contributed by atoms with E-state index in [-0.39, 0.29) is 11.4 Å². The van der Waals surface area contributed by atoms with Gasteiger partial charge in [0.1, 0.15) is 0 Å². The molecular weight excluding hydrogens is 272 g/mol. The quantitative estimate of drug-likeness (QED) is 0.789. The van der Waals surface area contributed by atoms with Gasteiger partial charge in [0.25, 0.3) is 0 Å². The molecule has 1 spiro atoms. The highest BCUT2D eigenvalue weighted by molar-refractivity contribution is 5.91. The average molecular weight is 296 g/mol. The van der Waals surface area contributed by atoms with Gasteiger partial charge in [-0.1, -0.05) is 6.92 Å². The van der Waals surface area contributed by atoms with Crippen LogP contribution in [0, 0.1) is 5.41 Å². The largest absolute Gasteiger partial charge is 0.463 e. The summed E-state index contributed by atoms with van der Waals surface area (Å²) in [4.78, 5) is 12.3. The van der Waals surface area contributed by atoms with Crippen LogP contribution in [0.15, 0.2) is 11.1 Å². The number of carbonyl (C=O) groups excluding carboxylic acids is 1. The molecule has 1 saturated carbocycles. The van der Waals surface area contributed by atoms with E-state index in [1.807, 2.05) is 0 Å². The van der Waals surface area contributed by atoms with E-state index in [1.165, 1.54) is 0 Å². The summed E-state index contributed by atoms with van der Waals surface area (Å²) in [6.45, 7) is 5.40. The molecule has 118 valence electrons. The van der Waals surface area contributed by atoms with E-state index in [9.17, 15) is 9.90 Å². The third-order valence-corrected chi connectivity index (χ3v) is 5.26. The van der Waals surface area contributed by atoms with E-state index in [0.717, 1.165) is 31.3 Å². The fraction of sp³-hybridized carbons (Fsp3) is 0.812. The zero-order valence-electron chi connectivity index (χ0n) is 12.8. The van der Waals surface area contributed by atoms with Gasteiger partial charge in [-0.2, -0.15) is 0 Å². The highest BCUT2D eigenvalue weighted by atomic mass is 16.7. The Morgan fingerprint density at radius 2 is 2.10 bits per heavy atom. The van der Waals surface area contributed by atoms with Crippen molar-refractivity contribution in [3.05, 3.63) is 11.1 Å². The molecule has 2 atom stereocenters. The number of aliphatic hydroxyl groups is 1. The van der Waals surface area contributed by atoms with Crippen molar-refractivity contribution < 1.29 is 24.1 Å². The van der Waals surface area contributed by atoms with Crippen molar-refractivity contribution in [2.24, 2.45) is 5.41 Å². The first-order valence-corrected chi connectivity index (χ1v) is 7.91. The minimum atomic E-state index is -0.733. The van der Waals surface area contributed by atoms with Gasteiger partial charge in [-0.15, -0.1) is 0 Å². The predicted molar refractivity (Wildman–Crippen MR) is 75.5 cm³/mol. The number of hydrogen-bond acceptors (Lipinski definition) is 5. The van der Waals surface area contributed by atoms with Crippen LogP contribution in [-0.2, 0) is 19.0 Å². The maximum absolute atomic E-state index is 12.3. The van der Waals surface area contributed by atoms with Gasteiger partial charge in [0.2, 0.25) is 0 Å². The molecule has 21 heavy (non-hydrogen) atoms. The molecule has 3 rings (SSSR count). The molecule has 1 heterocycles. The van der Waals surface area contributed by atoms with Crippen LogP contribution in [0.5, 0.6) is 0 Å². The smallest absolute Gasteiger partial charge is 0.336 e. The van der Waals surface area contributed by atoms with Gasteiger partial charge in [-0.05, 0) is 38.2 Å². The normalized spacial score (nSPS) is 34.9. The van der Waals surface area contributed by atoms with Crippen molar-refractivity contribution in [3.8, 4) is 0 Å².